The number of aromatic nitrogens is 2. The molecular formula is C14H18FN3O. The molecule has 0 bridgehead atoms. The molecule has 1 aromatic carbocycles. The molecule has 3 rings (SSSR count). The summed E-state index contributed by atoms with van der Waals surface area (Å²) in [6.45, 7) is 5.24. The molecule has 102 valence electrons. The molecule has 0 aliphatic carbocycles. The number of benzene rings is 1. The van der Waals surface area contributed by atoms with Gasteiger partial charge in [-0.2, -0.15) is 0 Å². The number of fused-ring (bicyclic) bond motifs is 1. The monoisotopic (exact) mass is 263 g/mol. The van der Waals surface area contributed by atoms with E-state index in [-0.39, 0.29) is 17.5 Å². The maximum absolute atomic E-state index is 13.2. The van der Waals surface area contributed by atoms with Gasteiger partial charge >= 0.3 is 5.69 Å². The second kappa shape index (κ2) is 4.81. The van der Waals surface area contributed by atoms with Crippen LogP contribution in [0, 0.1) is 5.82 Å². The maximum Gasteiger partial charge on any atom is 0.326 e. The predicted octanol–water partition coefficient (Wildman–Crippen LogP) is 2.13. The summed E-state index contributed by atoms with van der Waals surface area (Å²) in [4.78, 5) is 17.2. The van der Waals surface area contributed by atoms with E-state index in [0.29, 0.717) is 5.52 Å². The van der Waals surface area contributed by atoms with Crippen molar-refractivity contribution in [3.8, 4) is 0 Å². The first-order chi connectivity index (χ1) is 9.19. The van der Waals surface area contributed by atoms with Crippen LogP contribution in [-0.4, -0.2) is 34.1 Å². The highest BCUT2D eigenvalue weighted by Crippen LogP contribution is 2.24. The summed E-state index contributed by atoms with van der Waals surface area (Å²) in [5.41, 5.74) is 1.26. The van der Waals surface area contributed by atoms with Crippen LogP contribution < -0.4 is 5.69 Å². The van der Waals surface area contributed by atoms with E-state index in [0.717, 1.165) is 38.0 Å². The van der Waals surface area contributed by atoms with Gasteiger partial charge in [-0.1, -0.05) is 6.92 Å². The van der Waals surface area contributed by atoms with Crippen molar-refractivity contribution in [3.63, 3.8) is 0 Å². The highest BCUT2D eigenvalue weighted by molar-refractivity contribution is 5.75. The minimum atomic E-state index is -0.318. The lowest BCUT2D eigenvalue weighted by atomic mass is 10.0. The van der Waals surface area contributed by atoms with Crippen LogP contribution in [0.15, 0.2) is 23.0 Å². The summed E-state index contributed by atoms with van der Waals surface area (Å²) in [5.74, 6) is -0.318. The zero-order valence-electron chi connectivity index (χ0n) is 11.0. The molecule has 1 N–H and O–H groups in total. The van der Waals surface area contributed by atoms with E-state index >= 15 is 0 Å². The van der Waals surface area contributed by atoms with Crippen molar-refractivity contribution in [1.29, 1.82) is 0 Å². The van der Waals surface area contributed by atoms with E-state index in [1.807, 2.05) is 0 Å². The van der Waals surface area contributed by atoms with Crippen LogP contribution >= 0.6 is 0 Å². The highest BCUT2D eigenvalue weighted by atomic mass is 19.1. The van der Waals surface area contributed by atoms with Crippen LogP contribution in [0.25, 0.3) is 11.0 Å². The first-order valence-corrected chi connectivity index (χ1v) is 6.81. The van der Waals surface area contributed by atoms with E-state index < -0.39 is 0 Å². The lowest BCUT2D eigenvalue weighted by molar-refractivity contribution is 0.195. The molecule has 0 unspecified atom stereocenters. The number of imidazole rings is 1. The van der Waals surface area contributed by atoms with Crippen LogP contribution in [0.4, 0.5) is 4.39 Å². The Morgan fingerprint density at radius 1 is 1.37 bits per heavy atom. The van der Waals surface area contributed by atoms with Gasteiger partial charge in [0.1, 0.15) is 5.82 Å². The van der Waals surface area contributed by atoms with E-state index in [9.17, 15) is 9.18 Å². The molecular weight excluding hydrogens is 245 g/mol. The average molecular weight is 263 g/mol. The number of likely N-dealkylation sites (tertiary alicyclic amines) is 1. The third-order valence-electron chi connectivity index (χ3n) is 4.05. The molecule has 0 spiro atoms. The minimum Gasteiger partial charge on any atom is -0.305 e. The van der Waals surface area contributed by atoms with Crippen molar-refractivity contribution in [2.24, 2.45) is 0 Å². The second-order valence-corrected chi connectivity index (χ2v) is 5.13. The van der Waals surface area contributed by atoms with Gasteiger partial charge < -0.3 is 9.88 Å². The topological polar surface area (TPSA) is 41.0 Å². The molecule has 1 saturated heterocycles. The Kier molecular flexibility index (Phi) is 3.14. The van der Waals surface area contributed by atoms with Crippen molar-refractivity contribution in [2.45, 2.75) is 25.8 Å². The van der Waals surface area contributed by atoms with E-state index in [1.54, 1.807) is 10.6 Å². The van der Waals surface area contributed by atoms with Gasteiger partial charge in [0.25, 0.3) is 0 Å². The summed E-state index contributed by atoms with van der Waals surface area (Å²) in [5, 5.41) is 0. The molecule has 19 heavy (non-hydrogen) atoms. The van der Waals surface area contributed by atoms with Gasteiger partial charge in [-0.25, -0.2) is 9.18 Å². The number of halogens is 1. The normalized spacial score (nSPS) is 18.2. The van der Waals surface area contributed by atoms with Crippen molar-refractivity contribution >= 4 is 11.0 Å². The number of nitrogens with zero attached hydrogens (tertiary/aromatic N) is 2. The van der Waals surface area contributed by atoms with Crippen molar-refractivity contribution in [3.05, 3.63) is 34.5 Å². The van der Waals surface area contributed by atoms with Crippen LogP contribution in [0.1, 0.15) is 25.8 Å². The molecule has 4 nitrogen and oxygen atoms in total. The molecule has 1 aliphatic heterocycles. The number of nitrogens with one attached hydrogen (secondary N) is 1. The standard InChI is InChI=1S/C14H18FN3O/c1-2-17-7-5-11(6-8-17)18-13-4-3-10(15)9-12(13)16-14(18)19/h3-4,9,11H,2,5-8H2,1H3,(H,16,19). The van der Waals surface area contributed by atoms with E-state index in [1.165, 1.54) is 12.1 Å². The summed E-state index contributed by atoms with van der Waals surface area (Å²) < 4.78 is 15.0. The number of hydrogen-bond acceptors (Lipinski definition) is 2. The number of rotatable bonds is 2. The third-order valence-corrected chi connectivity index (χ3v) is 4.05. The molecule has 2 aromatic rings. The van der Waals surface area contributed by atoms with Gasteiger partial charge in [0.05, 0.1) is 11.0 Å². The maximum atomic E-state index is 13.2. The molecule has 0 amide bonds. The third kappa shape index (κ3) is 2.18. The zero-order valence-corrected chi connectivity index (χ0v) is 11.0. The fourth-order valence-electron chi connectivity index (χ4n) is 2.96. The van der Waals surface area contributed by atoms with Gasteiger partial charge in [-0.15, -0.1) is 0 Å². The predicted molar refractivity (Wildman–Crippen MR) is 72.9 cm³/mol. The smallest absolute Gasteiger partial charge is 0.305 e. The summed E-state index contributed by atoms with van der Waals surface area (Å²) >= 11 is 0. The molecule has 1 fully saturated rings. The Morgan fingerprint density at radius 2 is 2.11 bits per heavy atom. The fourth-order valence-corrected chi connectivity index (χ4v) is 2.96. The summed E-state index contributed by atoms with van der Waals surface area (Å²) in [6.07, 6.45) is 1.94. The Hall–Kier alpha value is -1.62. The van der Waals surface area contributed by atoms with Crippen molar-refractivity contribution in [2.75, 3.05) is 19.6 Å². The molecule has 5 heteroatoms. The first kappa shape index (κ1) is 12.4. The van der Waals surface area contributed by atoms with Gasteiger partial charge in [0.2, 0.25) is 0 Å². The van der Waals surface area contributed by atoms with Gasteiger partial charge in [0.15, 0.2) is 0 Å². The lowest BCUT2D eigenvalue weighted by Crippen LogP contribution is -2.36. The minimum absolute atomic E-state index is 0.129. The molecule has 1 aliphatic rings. The van der Waals surface area contributed by atoms with Crippen LogP contribution in [0.2, 0.25) is 0 Å². The molecule has 0 saturated carbocycles. The number of H-pyrrole nitrogens is 1. The van der Waals surface area contributed by atoms with E-state index in [2.05, 4.69) is 16.8 Å². The van der Waals surface area contributed by atoms with Crippen molar-refractivity contribution in [1.82, 2.24) is 14.5 Å². The lowest BCUT2D eigenvalue weighted by Gasteiger charge is -2.31. The van der Waals surface area contributed by atoms with Gasteiger partial charge in [-0.05, 0) is 37.6 Å². The zero-order chi connectivity index (χ0) is 13.4. The van der Waals surface area contributed by atoms with Gasteiger partial charge in [-0.3, -0.25) is 4.57 Å². The van der Waals surface area contributed by atoms with Crippen LogP contribution in [0.3, 0.4) is 0 Å². The Bertz CT molecular complexity index is 638. The molecule has 0 atom stereocenters. The highest BCUT2D eigenvalue weighted by Gasteiger charge is 2.22. The summed E-state index contributed by atoms with van der Waals surface area (Å²) in [6, 6.07) is 4.70. The van der Waals surface area contributed by atoms with Gasteiger partial charge in [0, 0.05) is 19.1 Å². The van der Waals surface area contributed by atoms with Crippen molar-refractivity contribution < 1.29 is 4.39 Å². The summed E-state index contributed by atoms with van der Waals surface area (Å²) in [7, 11) is 0. The number of aromatic amines is 1. The SMILES string of the molecule is CCN1CCC(n2c(=O)[nH]c3cc(F)ccc32)CC1. The fraction of sp³-hybridized carbons (Fsp3) is 0.500. The Balaban J connectivity index is 1.97. The largest absolute Gasteiger partial charge is 0.326 e. The molecule has 2 heterocycles. The Morgan fingerprint density at radius 3 is 2.79 bits per heavy atom. The van der Waals surface area contributed by atoms with Crippen LogP contribution in [-0.2, 0) is 0 Å². The molecule has 0 radical (unpaired) electrons. The number of hydrogen-bond donors (Lipinski definition) is 1. The molecule has 1 aromatic heterocycles. The first-order valence-electron chi connectivity index (χ1n) is 6.81. The van der Waals surface area contributed by atoms with Crippen LogP contribution in [0.5, 0.6) is 0 Å². The van der Waals surface area contributed by atoms with E-state index in [4.69, 9.17) is 0 Å². The average Bonchev–Trinajstić information content (AvgIpc) is 2.74. The Labute approximate surface area is 110 Å². The second-order valence-electron chi connectivity index (χ2n) is 5.13. The quantitative estimate of drug-likeness (QED) is 0.901. The number of piperidine rings is 1.